The predicted molar refractivity (Wildman–Crippen MR) is 126 cm³/mol. The lowest BCUT2D eigenvalue weighted by Gasteiger charge is -2.43. The summed E-state index contributed by atoms with van der Waals surface area (Å²) in [7, 11) is 1.21. The van der Waals surface area contributed by atoms with Crippen molar-refractivity contribution >= 4 is 6.03 Å². The highest BCUT2D eigenvalue weighted by atomic mass is 19.4. The molecule has 0 radical (unpaired) electrons. The lowest BCUT2D eigenvalue weighted by Crippen LogP contribution is -2.51. The molecule has 0 unspecified atom stereocenters. The number of halogens is 10. The monoisotopic (exact) mass is 587 g/mol. The Balaban J connectivity index is 1.94. The van der Waals surface area contributed by atoms with Gasteiger partial charge in [0, 0.05) is 19.6 Å². The van der Waals surface area contributed by atoms with Gasteiger partial charge in [-0.1, -0.05) is 6.07 Å². The second-order valence-corrected chi connectivity index (χ2v) is 9.84. The van der Waals surface area contributed by atoms with Gasteiger partial charge in [0.1, 0.15) is 5.82 Å². The van der Waals surface area contributed by atoms with Crippen molar-refractivity contribution in [3.63, 3.8) is 0 Å². The van der Waals surface area contributed by atoms with Gasteiger partial charge in [0.2, 0.25) is 0 Å². The Morgan fingerprint density at radius 2 is 1.57 bits per heavy atom. The number of benzene rings is 2. The molecule has 0 aliphatic carbocycles. The average molecular weight is 588 g/mol. The van der Waals surface area contributed by atoms with Crippen molar-refractivity contribution in [2.45, 2.75) is 63.3 Å². The van der Waals surface area contributed by atoms with Crippen LogP contribution >= 0.6 is 0 Å². The third kappa shape index (κ3) is 7.58. The lowest BCUT2D eigenvalue weighted by atomic mass is 9.89. The average Bonchev–Trinajstić information content (AvgIpc) is 2.84. The summed E-state index contributed by atoms with van der Waals surface area (Å²) in [5.74, 6) is -0.572. The zero-order valence-corrected chi connectivity index (χ0v) is 21.6. The highest BCUT2D eigenvalue weighted by Gasteiger charge is 2.40. The van der Waals surface area contributed by atoms with Crippen LogP contribution in [-0.2, 0) is 12.4 Å². The summed E-state index contributed by atoms with van der Waals surface area (Å²) in [5, 5.41) is 2.41. The Morgan fingerprint density at radius 3 is 2.08 bits per heavy atom. The van der Waals surface area contributed by atoms with Gasteiger partial charge in [-0.2, -0.15) is 39.5 Å². The van der Waals surface area contributed by atoms with E-state index in [0.717, 1.165) is 11.0 Å². The summed E-state index contributed by atoms with van der Waals surface area (Å²) in [5.41, 5.74) is -2.59. The largest absolute Gasteiger partial charge is 0.416 e. The molecule has 2 aromatic carbocycles. The number of rotatable bonds is 5. The molecule has 1 N–H and O–H groups in total. The number of piperidine rings is 1. The van der Waals surface area contributed by atoms with E-state index in [1.54, 1.807) is 6.92 Å². The molecule has 4 nitrogen and oxygen atoms in total. The lowest BCUT2D eigenvalue weighted by molar-refractivity contribution is -0.143. The fraction of sp³-hybridized carbons (Fsp3) is 0.500. The van der Waals surface area contributed by atoms with Gasteiger partial charge < -0.3 is 15.1 Å². The molecule has 2 amide bonds. The van der Waals surface area contributed by atoms with E-state index < -0.39 is 71.7 Å². The number of likely N-dealkylation sites (tertiary alicyclic amines) is 1. The van der Waals surface area contributed by atoms with Crippen molar-refractivity contribution in [2.24, 2.45) is 0 Å². The molecule has 0 spiro atoms. The third-order valence-corrected chi connectivity index (χ3v) is 7.01. The fourth-order valence-electron chi connectivity index (χ4n) is 4.76. The van der Waals surface area contributed by atoms with Crippen LogP contribution < -0.4 is 5.32 Å². The number of carbonyl (C=O) groups is 1. The van der Waals surface area contributed by atoms with E-state index in [1.807, 2.05) is 0 Å². The maximum absolute atomic E-state index is 13.8. The smallest absolute Gasteiger partial charge is 0.321 e. The minimum Gasteiger partial charge on any atom is -0.321 e. The first-order valence-electron chi connectivity index (χ1n) is 12.2. The highest BCUT2D eigenvalue weighted by Crippen LogP contribution is 2.39. The first kappa shape index (κ1) is 31.5. The molecular formula is C26H27F10N3O. The second kappa shape index (κ2) is 11.5. The molecule has 222 valence electrons. The Kier molecular flexibility index (Phi) is 9.02. The van der Waals surface area contributed by atoms with E-state index in [-0.39, 0.29) is 25.5 Å². The van der Waals surface area contributed by atoms with Gasteiger partial charge >= 0.3 is 24.6 Å². The number of alkyl halides is 9. The molecule has 1 aliphatic rings. The maximum atomic E-state index is 13.8. The molecule has 2 aromatic rings. The van der Waals surface area contributed by atoms with Crippen LogP contribution in [0.2, 0.25) is 0 Å². The molecular weight excluding hydrogens is 560 g/mol. The van der Waals surface area contributed by atoms with Gasteiger partial charge in [-0.05, 0) is 73.7 Å². The Labute approximate surface area is 223 Å². The molecule has 1 fully saturated rings. The van der Waals surface area contributed by atoms with E-state index in [1.165, 1.54) is 31.0 Å². The summed E-state index contributed by atoms with van der Waals surface area (Å²) in [6, 6.07) is 1.28. The van der Waals surface area contributed by atoms with Crippen LogP contribution in [0, 0.1) is 12.7 Å². The minimum absolute atomic E-state index is 0.00981. The fourth-order valence-corrected chi connectivity index (χ4v) is 4.76. The number of carbonyl (C=O) groups excluding carboxylic acids is 1. The van der Waals surface area contributed by atoms with Crippen molar-refractivity contribution in [1.29, 1.82) is 0 Å². The van der Waals surface area contributed by atoms with Crippen LogP contribution in [0.4, 0.5) is 48.7 Å². The van der Waals surface area contributed by atoms with Crippen LogP contribution in [-0.4, -0.2) is 48.2 Å². The quantitative estimate of drug-likeness (QED) is 0.365. The SMILES string of the molecule is Cc1cc(F)ccc1[C@H]1C[C@@H](NCC(F)(F)F)CCN1C(=O)N(C)[C@H](C)c1cc(C(F)(F)F)cc(C(F)(F)F)c1. The van der Waals surface area contributed by atoms with Gasteiger partial charge in [0.15, 0.2) is 0 Å². The van der Waals surface area contributed by atoms with Gasteiger partial charge in [0.25, 0.3) is 0 Å². The highest BCUT2D eigenvalue weighted by molar-refractivity contribution is 5.75. The maximum Gasteiger partial charge on any atom is 0.416 e. The topological polar surface area (TPSA) is 35.6 Å². The predicted octanol–water partition coefficient (Wildman–Crippen LogP) is 7.64. The number of aryl methyl sites for hydroxylation is 1. The first-order valence-corrected chi connectivity index (χ1v) is 12.2. The molecule has 3 rings (SSSR count). The van der Waals surface area contributed by atoms with E-state index in [9.17, 15) is 48.7 Å². The van der Waals surface area contributed by atoms with Gasteiger partial charge in [-0.3, -0.25) is 0 Å². The Morgan fingerprint density at radius 1 is 1.00 bits per heavy atom. The van der Waals surface area contributed by atoms with Crippen molar-refractivity contribution in [1.82, 2.24) is 15.1 Å². The number of amides is 2. The van der Waals surface area contributed by atoms with Gasteiger partial charge in [-0.25, -0.2) is 9.18 Å². The Hall–Kier alpha value is -3.03. The number of hydrogen-bond donors (Lipinski definition) is 1. The van der Waals surface area contributed by atoms with Crippen LogP contribution in [0.5, 0.6) is 0 Å². The Bertz CT molecular complexity index is 1180. The standard InChI is InChI=1S/C26H27F10N3O/c1-14-8-19(27)4-5-21(14)22-12-20(37-13-24(28,29)30)6-7-39(22)23(40)38(3)15(2)16-9-17(25(31,32)33)11-18(10-16)26(34,35)36/h4-5,8-11,15,20,22,37H,6-7,12-13H2,1-3H3/t15-,20+,22-/m1/s1. The molecule has 0 bridgehead atoms. The normalized spacial score (nSPS) is 19.5. The zero-order chi connectivity index (χ0) is 30.2. The molecule has 14 heteroatoms. The van der Waals surface area contributed by atoms with Crippen molar-refractivity contribution in [3.05, 3.63) is 70.0 Å². The molecule has 1 aliphatic heterocycles. The first-order chi connectivity index (χ1) is 18.3. The number of nitrogens with one attached hydrogen (secondary N) is 1. The van der Waals surface area contributed by atoms with Crippen LogP contribution in [0.15, 0.2) is 36.4 Å². The summed E-state index contributed by atoms with van der Waals surface area (Å²) in [6.45, 7) is 1.49. The molecule has 0 aromatic heterocycles. The minimum atomic E-state index is -5.07. The van der Waals surface area contributed by atoms with Crippen molar-refractivity contribution in [3.8, 4) is 0 Å². The molecule has 1 saturated heterocycles. The number of hydrogen-bond acceptors (Lipinski definition) is 2. The van der Waals surface area contributed by atoms with E-state index >= 15 is 0 Å². The van der Waals surface area contributed by atoms with E-state index in [4.69, 9.17) is 0 Å². The number of urea groups is 1. The summed E-state index contributed by atoms with van der Waals surface area (Å²) < 4.78 is 132. The molecule has 1 heterocycles. The van der Waals surface area contributed by atoms with E-state index in [0.29, 0.717) is 23.3 Å². The number of nitrogens with zero attached hydrogens (tertiary/aromatic N) is 2. The van der Waals surface area contributed by atoms with E-state index in [2.05, 4.69) is 5.32 Å². The van der Waals surface area contributed by atoms with Crippen LogP contribution in [0.25, 0.3) is 0 Å². The zero-order valence-electron chi connectivity index (χ0n) is 21.6. The molecule has 40 heavy (non-hydrogen) atoms. The molecule has 0 saturated carbocycles. The van der Waals surface area contributed by atoms with Crippen LogP contribution in [0.3, 0.4) is 0 Å². The van der Waals surface area contributed by atoms with Gasteiger partial charge in [-0.15, -0.1) is 0 Å². The summed E-state index contributed by atoms with van der Waals surface area (Å²) >= 11 is 0. The van der Waals surface area contributed by atoms with Gasteiger partial charge in [0.05, 0.1) is 29.8 Å². The van der Waals surface area contributed by atoms with Crippen molar-refractivity contribution in [2.75, 3.05) is 20.1 Å². The molecule has 3 atom stereocenters. The van der Waals surface area contributed by atoms with Crippen LogP contribution in [0.1, 0.15) is 59.7 Å². The second-order valence-electron chi connectivity index (χ2n) is 9.84. The summed E-state index contributed by atoms with van der Waals surface area (Å²) in [4.78, 5) is 15.9. The third-order valence-electron chi connectivity index (χ3n) is 7.01. The summed E-state index contributed by atoms with van der Waals surface area (Å²) in [6.07, 6.45) is -14.5. The van der Waals surface area contributed by atoms with Crippen molar-refractivity contribution < 1.29 is 48.7 Å².